The van der Waals surface area contributed by atoms with Gasteiger partial charge in [0.2, 0.25) is 0 Å². The predicted octanol–water partition coefficient (Wildman–Crippen LogP) is 3.99. The molecule has 74 valence electrons. The second-order valence-corrected chi connectivity index (χ2v) is 4.08. The molecule has 0 unspecified atom stereocenters. The Labute approximate surface area is 86.2 Å². The van der Waals surface area contributed by atoms with Crippen molar-refractivity contribution in [2.75, 3.05) is 0 Å². The average Bonchev–Trinajstić information content (AvgIpc) is 2.17. The largest absolute Gasteiger partial charge is 0.261 e. The molecular formula is C13H17N. The first-order chi connectivity index (χ1) is 6.64. The van der Waals surface area contributed by atoms with Gasteiger partial charge in [-0.15, -0.1) is 6.58 Å². The van der Waals surface area contributed by atoms with Crippen LogP contribution in [-0.2, 0) is 0 Å². The van der Waals surface area contributed by atoms with Crippen LogP contribution in [0.25, 0.3) is 0 Å². The second-order valence-electron chi connectivity index (χ2n) is 4.08. The quantitative estimate of drug-likeness (QED) is 0.499. The molecule has 0 radical (unpaired) electrons. The van der Waals surface area contributed by atoms with Gasteiger partial charge in [0.05, 0.1) is 5.69 Å². The zero-order chi connectivity index (χ0) is 10.4. The number of hydrogen-bond acceptors (Lipinski definition) is 1. The van der Waals surface area contributed by atoms with Crippen LogP contribution in [0.4, 0.5) is 5.69 Å². The molecule has 0 aliphatic heterocycles. The molecule has 0 aromatic heterocycles. The van der Waals surface area contributed by atoms with Gasteiger partial charge in [0.1, 0.15) is 0 Å². The zero-order valence-electron chi connectivity index (χ0n) is 8.90. The molecule has 1 aromatic rings. The van der Waals surface area contributed by atoms with Gasteiger partial charge in [0, 0.05) is 11.6 Å². The highest BCUT2D eigenvalue weighted by Gasteiger charge is 2.11. The molecule has 0 saturated carbocycles. The summed E-state index contributed by atoms with van der Waals surface area (Å²) < 4.78 is 0. The minimum absolute atomic E-state index is 0.0948. The lowest BCUT2D eigenvalue weighted by Gasteiger charge is -2.15. The lowest BCUT2D eigenvalue weighted by atomic mass is 9.91. The first-order valence-corrected chi connectivity index (χ1v) is 4.85. The Morgan fingerprint density at radius 2 is 1.93 bits per heavy atom. The minimum Gasteiger partial charge on any atom is -0.261 e. The molecule has 0 spiro atoms. The van der Waals surface area contributed by atoms with Crippen LogP contribution >= 0.6 is 0 Å². The first kappa shape index (κ1) is 10.7. The summed E-state index contributed by atoms with van der Waals surface area (Å²) in [5.74, 6) is 0. The molecule has 0 bridgehead atoms. The normalized spacial score (nSPS) is 11.9. The number of rotatable bonds is 4. The third-order valence-corrected chi connectivity index (χ3v) is 1.99. The van der Waals surface area contributed by atoms with E-state index in [2.05, 4.69) is 25.4 Å². The van der Waals surface area contributed by atoms with Crippen molar-refractivity contribution in [3.05, 3.63) is 43.0 Å². The number of benzene rings is 1. The van der Waals surface area contributed by atoms with Crippen molar-refractivity contribution in [2.45, 2.75) is 20.3 Å². The lowest BCUT2D eigenvalue weighted by molar-refractivity contribution is 0.546. The fourth-order valence-electron chi connectivity index (χ4n) is 1.19. The summed E-state index contributed by atoms with van der Waals surface area (Å²) in [5.41, 5.74) is 1.10. The number of nitrogens with zero attached hydrogens (tertiary/aromatic N) is 1. The van der Waals surface area contributed by atoms with E-state index < -0.39 is 0 Å². The molecule has 0 amide bonds. The summed E-state index contributed by atoms with van der Waals surface area (Å²) >= 11 is 0. The van der Waals surface area contributed by atoms with Gasteiger partial charge in [0.15, 0.2) is 0 Å². The Kier molecular flexibility index (Phi) is 3.63. The van der Waals surface area contributed by atoms with Crippen molar-refractivity contribution >= 4 is 11.9 Å². The van der Waals surface area contributed by atoms with E-state index in [1.807, 2.05) is 42.6 Å². The van der Waals surface area contributed by atoms with Crippen LogP contribution in [0.5, 0.6) is 0 Å². The fourth-order valence-corrected chi connectivity index (χ4v) is 1.19. The van der Waals surface area contributed by atoms with Crippen LogP contribution < -0.4 is 0 Å². The molecule has 0 atom stereocenters. The summed E-state index contributed by atoms with van der Waals surface area (Å²) in [6, 6.07) is 9.98. The topological polar surface area (TPSA) is 12.4 Å². The van der Waals surface area contributed by atoms with E-state index in [1.54, 1.807) is 0 Å². The standard InChI is InChI=1S/C13H17N/c1-4-10-13(2,3)11-14-12-8-6-5-7-9-12/h4-9,11H,1,10H2,2-3H3/b14-11-. The van der Waals surface area contributed by atoms with E-state index in [1.165, 1.54) is 0 Å². The monoisotopic (exact) mass is 187 g/mol. The Bertz CT molecular complexity index is 309. The summed E-state index contributed by atoms with van der Waals surface area (Å²) in [4.78, 5) is 4.42. The smallest absolute Gasteiger partial charge is 0.0625 e. The van der Waals surface area contributed by atoms with Gasteiger partial charge in [-0.25, -0.2) is 0 Å². The number of para-hydroxylation sites is 1. The summed E-state index contributed by atoms with van der Waals surface area (Å²) in [7, 11) is 0. The van der Waals surface area contributed by atoms with E-state index in [4.69, 9.17) is 0 Å². The van der Waals surface area contributed by atoms with Crippen molar-refractivity contribution < 1.29 is 0 Å². The van der Waals surface area contributed by atoms with E-state index in [9.17, 15) is 0 Å². The highest BCUT2D eigenvalue weighted by molar-refractivity contribution is 5.69. The van der Waals surface area contributed by atoms with E-state index in [0.717, 1.165) is 12.1 Å². The van der Waals surface area contributed by atoms with Crippen molar-refractivity contribution in [3.8, 4) is 0 Å². The van der Waals surface area contributed by atoms with Gasteiger partial charge >= 0.3 is 0 Å². The minimum atomic E-state index is 0.0948. The van der Waals surface area contributed by atoms with Gasteiger partial charge in [-0.1, -0.05) is 38.1 Å². The van der Waals surface area contributed by atoms with Crippen LogP contribution in [0.2, 0.25) is 0 Å². The molecule has 1 rings (SSSR count). The second kappa shape index (κ2) is 4.75. The van der Waals surface area contributed by atoms with Crippen LogP contribution in [0.1, 0.15) is 20.3 Å². The van der Waals surface area contributed by atoms with Crippen LogP contribution in [0.3, 0.4) is 0 Å². The summed E-state index contributed by atoms with van der Waals surface area (Å²) in [5, 5.41) is 0. The number of hydrogen-bond donors (Lipinski definition) is 0. The first-order valence-electron chi connectivity index (χ1n) is 4.85. The zero-order valence-corrected chi connectivity index (χ0v) is 8.90. The van der Waals surface area contributed by atoms with Crippen LogP contribution in [0, 0.1) is 5.41 Å². The lowest BCUT2D eigenvalue weighted by Crippen LogP contribution is -2.10. The Morgan fingerprint density at radius 1 is 1.29 bits per heavy atom. The molecule has 0 N–H and O–H groups in total. The molecular weight excluding hydrogens is 170 g/mol. The van der Waals surface area contributed by atoms with Crippen molar-refractivity contribution in [1.29, 1.82) is 0 Å². The van der Waals surface area contributed by atoms with Crippen LogP contribution in [-0.4, -0.2) is 6.21 Å². The van der Waals surface area contributed by atoms with E-state index in [0.29, 0.717) is 0 Å². The van der Waals surface area contributed by atoms with Crippen molar-refractivity contribution in [2.24, 2.45) is 10.4 Å². The molecule has 0 fully saturated rings. The maximum atomic E-state index is 4.42. The summed E-state index contributed by atoms with van der Waals surface area (Å²) in [6.07, 6.45) is 4.87. The predicted molar refractivity (Wildman–Crippen MR) is 63.2 cm³/mol. The molecule has 0 aliphatic carbocycles. The molecule has 14 heavy (non-hydrogen) atoms. The fraction of sp³-hybridized carbons (Fsp3) is 0.308. The maximum absolute atomic E-state index is 4.42. The summed E-state index contributed by atoms with van der Waals surface area (Å²) in [6.45, 7) is 8.05. The Morgan fingerprint density at radius 3 is 2.50 bits per heavy atom. The molecule has 0 aliphatic rings. The van der Waals surface area contributed by atoms with Gasteiger partial charge < -0.3 is 0 Å². The highest BCUT2D eigenvalue weighted by Crippen LogP contribution is 2.19. The van der Waals surface area contributed by atoms with Crippen molar-refractivity contribution in [1.82, 2.24) is 0 Å². The Hall–Kier alpha value is -1.37. The highest BCUT2D eigenvalue weighted by atomic mass is 14.7. The molecule has 0 heterocycles. The third-order valence-electron chi connectivity index (χ3n) is 1.99. The van der Waals surface area contributed by atoms with E-state index >= 15 is 0 Å². The third kappa shape index (κ3) is 3.56. The van der Waals surface area contributed by atoms with Gasteiger partial charge in [-0.3, -0.25) is 4.99 Å². The number of aliphatic imine (C=N–C) groups is 1. The molecule has 1 heteroatoms. The molecule has 1 nitrogen and oxygen atoms in total. The van der Waals surface area contributed by atoms with Crippen LogP contribution in [0.15, 0.2) is 48.0 Å². The van der Waals surface area contributed by atoms with Crippen molar-refractivity contribution in [3.63, 3.8) is 0 Å². The number of allylic oxidation sites excluding steroid dienone is 1. The van der Waals surface area contributed by atoms with E-state index in [-0.39, 0.29) is 5.41 Å². The molecule has 0 saturated heterocycles. The molecule has 1 aromatic carbocycles. The maximum Gasteiger partial charge on any atom is 0.0625 e. The van der Waals surface area contributed by atoms with Gasteiger partial charge in [-0.05, 0) is 18.6 Å². The Balaban J connectivity index is 2.68. The van der Waals surface area contributed by atoms with Gasteiger partial charge in [-0.2, -0.15) is 0 Å². The average molecular weight is 187 g/mol. The SMILES string of the molecule is C=CCC(C)(C)/C=N\c1ccccc1. The van der Waals surface area contributed by atoms with Gasteiger partial charge in [0.25, 0.3) is 0 Å².